The molecule has 0 aliphatic carbocycles. The Balaban J connectivity index is 3.54. The maximum absolute atomic E-state index is 12.5. The molecule has 0 spiro atoms. The lowest BCUT2D eigenvalue weighted by Gasteiger charge is -2.21. The van der Waals surface area contributed by atoms with Crippen molar-refractivity contribution in [2.45, 2.75) is 340 Å². The maximum atomic E-state index is 12.5. The van der Waals surface area contributed by atoms with Gasteiger partial charge in [0.25, 0.3) is 0 Å². The second-order valence-corrected chi connectivity index (χ2v) is 20.3. The molecule has 0 bridgehead atoms. The van der Waals surface area contributed by atoms with Crippen molar-refractivity contribution in [2.24, 2.45) is 0 Å². The Labute approximate surface area is 401 Å². The summed E-state index contributed by atoms with van der Waals surface area (Å²) in [5, 5.41) is 33.4. The quantitative estimate of drug-likeness (QED) is 0.0362. The van der Waals surface area contributed by atoms with Gasteiger partial charge in [0.05, 0.1) is 31.3 Å². The second-order valence-electron chi connectivity index (χ2n) is 20.3. The molecule has 0 saturated heterocycles. The van der Waals surface area contributed by atoms with E-state index in [9.17, 15) is 20.1 Å². The number of allylic oxidation sites excluding steroid dienone is 3. The average Bonchev–Trinajstić information content (AvgIpc) is 3.29. The molecule has 3 unspecified atom stereocenters. The number of unbranched alkanes of at least 4 members (excludes halogenated alkanes) is 43. The fourth-order valence-corrected chi connectivity index (χ4v) is 9.30. The minimum absolute atomic E-state index is 0.0105. The number of hydrogen-bond acceptors (Lipinski definition) is 4. The van der Waals surface area contributed by atoms with E-state index in [1.54, 1.807) is 6.08 Å². The first-order valence-electron chi connectivity index (χ1n) is 29.1. The van der Waals surface area contributed by atoms with Crippen molar-refractivity contribution in [3.63, 3.8) is 0 Å². The molecular weight excluding hydrogens is 787 g/mol. The van der Waals surface area contributed by atoms with Gasteiger partial charge in [-0.2, -0.15) is 0 Å². The van der Waals surface area contributed by atoms with Crippen molar-refractivity contribution < 1.29 is 20.1 Å². The van der Waals surface area contributed by atoms with Gasteiger partial charge in [-0.3, -0.25) is 4.79 Å². The van der Waals surface area contributed by atoms with Gasteiger partial charge >= 0.3 is 0 Å². The number of aliphatic hydroxyl groups excluding tert-OH is 3. The Morgan fingerprint density at radius 1 is 0.391 bits per heavy atom. The Morgan fingerprint density at radius 3 is 1.00 bits per heavy atom. The Kier molecular flexibility index (Phi) is 53.4. The van der Waals surface area contributed by atoms with Gasteiger partial charge < -0.3 is 20.6 Å². The van der Waals surface area contributed by atoms with Crippen molar-refractivity contribution in [2.75, 3.05) is 6.61 Å². The molecule has 0 aromatic rings. The largest absolute Gasteiger partial charge is 0.394 e. The highest BCUT2D eigenvalue weighted by Gasteiger charge is 2.20. The normalized spacial score (nSPS) is 13.4. The smallest absolute Gasteiger partial charge is 0.222 e. The van der Waals surface area contributed by atoms with Crippen LogP contribution < -0.4 is 5.32 Å². The van der Waals surface area contributed by atoms with Crippen LogP contribution in [0.15, 0.2) is 24.3 Å². The van der Waals surface area contributed by atoms with Crippen LogP contribution in [-0.2, 0) is 4.79 Å². The fourth-order valence-electron chi connectivity index (χ4n) is 9.30. The van der Waals surface area contributed by atoms with Crippen LogP contribution in [0.25, 0.3) is 0 Å². The third kappa shape index (κ3) is 50.2. The van der Waals surface area contributed by atoms with Gasteiger partial charge in [0, 0.05) is 0 Å². The van der Waals surface area contributed by atoms with Gasteiger partial charge in [-0.1, -0.05) is 308 Å². The molecule has 0 aliphatic rings. The monoisotopic (exact) mass is 902 g/mol. The lowest BCUT2D eigenvalue weighted by molar-refractivity contribution is -0.124. The molecule has 64 heavy (non-hydrogen) atoms. The SMILES string of the molecule is CCCCCCCCCCCCCCCC/C=C/CC/C=C/C(O)C(CO)NC(=O)CC(O)CCCCCCCCCCCCCCCCCCCCCCCCCCCCCCC. The van der Waals surface area contributed by atoms with Crippen LogP contribution in [0.4, 0.5) is 0 Å². The van der Waals surface area contributed by atoms with E-state index in [0.717, 1.165) is 32.1 Å². The number of amides is 1. The van der Waals surface area contributed by atoms with Crippen LogP contribution in [-0.4, -0.2) is 46.1 Å². The average molecular weight is 903 g/mol. The molecule has 1 amide bonds. The van der Waals surface area contributed by atoms with E-state index in [1.807, 2.05) is 6.08 Å². The molecule has 0 aliphatic heterocycles. The molecule has 0 aromatic carbocycles. The Bertz CT molecular complexity index is 951. The predicted octanol–water partition coefficient (Wildman–Crippen LogP) is 18.1. The molecule has 0 aromatic heterocycles. The molecule has 0 fully saturated rings. The molecule has 5 heteroatoms. The molecule has 380 valence electrons. The van der Waals surface area contributed by atoms with E-state index in [0.29, 0.717) is 6.42 Å². The maximum Gasteiger partial charge on any atom is 0.222 e. The lowest BCUT2D eigenvalue weighted by atomic mass is 10.0. The first kappa shape index (κ1) is 62.8. The summed E-state index contributed by atoms with van der Waals surface area (Å²) in [5.74, 6) is -0.319. The molecule has 5 nitrogen and oxygen atoms in total. The van der Waals surface area contributed by atoms with Gasteiger partial charge in [0.15, 0.2) is 0 Å². The van der Waals surface area contributed by atoms with Gasteiger partial charge in [0.2, 0.25) is 5.91 Å². The van der Waals surface area contributed by atoms with Crippen molar-refractivity contribution in [3.05, 3.63) is 24.3 Å². The van der Waals surface area contributed by atoms with Gasteiger partial charge in [-0.25, -0.2) is 0 Å². The topological polar surface area (TPSA) is 89.8 Å². The molecule has 0 radical (unpaired) electrons. The molecular formula is C59H115NO4. The minimum Gasteiger partial charge on any atom is -0.394 e. The summed E-state index contributed by atoms with van der Waals surface area (Å²) in [4.78, 5) is 12.5. The van der Waals surface area contributed by atoms with Gasteiger partial charge in [0.1, 0.15) is 0 Å². The predicted molar refractivity (Wildman–Crippen MR) is 282 cm³/mol. The summed E-state index contributed by atoms with van der Waals surface area (Å²) in [6, 6.07) is -0.759. The van der Waals surface area contributed by atoms with Gasteiger partial charge in [-0.15, -0.1) is 0 Å². The first-order chi connectivity index (χ1) is 31.5. The summed E-state index contributed by atoms with van der Waals surface area (Å²) in [6.45, 7) is 4.24. The lowest BCUT2D eigenvalue weighted by Crippen LogP contribution is -2.45. The number of nitrogens with one attached hydrogen (secondary N) is 1. The van der Waals surface area contributed by atoms with E-state index in [2.05, 4.69) is 31.3 Å². The van der Waals surface area contributed by atoms with Gasteiger partial charge in [-0.05, 0) is 32.1 Å². The number of hydrogen-bond donors (Lipinski definition) is 4. The summed E-state index contributed by atoms with van der Waals surface area (Å²) in [6.07, 6.45) is 69.5. The molecule has 0 rings (SSSR count). The zero-order valence-corrected chi connectivity index (χ0v) is 43.4. The third-order valence-electron chi connectivity index (χ3n) is 13.7. The highest BCUT2D eigenvalue weighted by atomic mass is 16.3. The molecule has 4 N–H and O–H groups in total. The Morgan fingerprint density at radius 2 is 0.672 bits per heavy atom. The van der Waals surface area contributed by atoms with Crippen molar-refractivity contribution in [3.8, 4) is 0 Å². The van der Waals surface area contributed by atoms with E-state index in [1.165, 1.54) is 263 Å². The van der Waals surface area contributed by atoms with Crippen LogP contribution in [0.2, 0.25) is 0 Å². The molecule has 0 saturated carbocycles. The van der Waals surface area contributed by atoms with Crippen LogP contribution in [0.3, 0.4) is 0 Å². The Hall–Kier alpha value is -1.17. The summed E-state index contributed by atoms with van der Waals surface area (Å²) >= 11 is 0. The fraction of sp³-hybridized carbons (Fsp3) is 0.915. The summed E-state index contributed by atoms with van der Waals surface area (Å²) in [7, 11) is 0. The van der Waals surface area contributed by atoms with Crippen molar-refractivity contribution in [1.29, 1.82) is 0 Å². The van der Waals surface area contributed by atoms with E-state index < -0.39 is 18.2 Å². The minimum atomic E-state index is -0.950. The number of rotatable bonds is 54. The van der Waals surface area contributed by atoms with E-state index >= 15 is 0 Å². The molecule has 3 atom stereocenters. The highest BCUT2D eigenvalue weighted by Crippen LogP contribution is 2.18. The van der Waals surface area contributed by atoms with Crippen LogP contribution in [0.5, 0.6) is 0 Å². The second kappa shape index (κ2) is 54.4. The summed E-state index contributed by atoms with van der Waals surface area (Å²) < 4.78 is 0. The van der Waals surface area contributed by atoms with Crippen LogP contribution in [0, 0.1) is 0 Å². The zero-order valence-electron chi connectivity index (χ0n) is 43.4. The number of carbonyl (C=O) groups excluding carboxylic acids is 1. The highest BCUT2D eigenvalue weighted by molar-refractivity contribution is 5.76. The standard InChI is InChI=1S/C59H115NO4/c1-3-5-7-9-11-13-15-17-19-21-23-25-26-27-28-29-30-31-32-33-34-36-38-40-42-44-46-48-50-52-56(62)54-59(64)60-57(55-61)58(63)53-51-49-47-45-43-41-39-37-35-24-22-20-18-16-14-12-10-8-6-4-2/h43,45,51,53,56-58,61-63H,3-42,44,46-50,52,54-55H2,1-2H3,(H,60,64)/b45-43+,53-51+. The summed E-state index contributed by atoms with van der Waals surface area (Å²) in [5.41, 5.74) is 0. The zero-order chi connectivity index (χ0) is 46.5. The number of aliphatic hydroxyl groups is 3. The van der Waals surface area contributed by atoms with E-state index in [-0.39, 0.29) is 18.9 Å². The molecule has 0 heterocycles. The van der Waals surface area contributed by atoms with Crippen LogP contribution in [0.1, 0.15) is 322 Å². The first-order valence-corrected chi connectivity index (χ1v) is 29.1. The third-order valence-corrected chi connectivity index (χ3v) is 13.7. The van der Waals surface area contributed by atoms with Crippen molar-refractivity contribution in [1.82, 2.24) is 5.32 Å². The number of carbonyl (C=O) groups is 1. The van der Waals surface area contributed by atoms with Crippen LogP contribution >= 0.6 is 0 Å². The van der Waals surface area contributed by atoms with E-state index in [4.69, 9.17) is 0 Å². The van der Waals surface area contributed by atoms with Crippen molar-refractivity contribution >= 4 is 5.91 Å².